The van der Waals surface area contributed by atoms with Crippen LogP contribution >= 0.6 is 0 Å². The van der Waals surface area contributed by atoms with Gasteiger partial charge in [0.25, 0.3) is 5.91 Å². The van der Waals surface area contributed by atoms with Crippen molar-refractivity contribution in [1.82, 2.24) is 10.6 Å². The highest BCUT2D eigenvalue weighted by Gasteiger charge is 2.16. The Morgan fingerprint density at radius 1 is 1.41 bits per heavy atom. The Bertz CT molecular complexity index is 388. The number of benzene rings is 1. The largest absolute Gasteiger partial charge is 0.350 e. The van der Waals surface area contributed by atoms with Crippen molar-refractivity contribution in [3.8, 4) is 0 Å². The van der Waals surface area contributed by atoms with Gasteiger partial charge in [0.15, 0.2) is 0 Å². The van der Waals surface area contributed by atoms with Crippen LogP contribution in [-0.4, -0.2) is 25.0 Å². The predicted molar refractivity (Wildman–Crippen MR) is 69.3 cm³/mol. The lowest BCUT2D eigenvalue weighted by Gasteiger charge is -2.14. The van der Waals surface area contributed by atoms with Crippen LogP contribution in [0, 0.1) is 13.8 Å². The van der Waals surface area contributed by atoms with Gasteiger partial charge in [-0.25, -0.2) is 0 Å². The zero-order valence-corrected chi connectivity index (χ0v) is 10.5. The van der Waals surface area contributed by atoms with E-state index >= 15 is 0 Å². The molecule has 17 heavy (non-hydrogen) atoms. The first-order valence-corrected chi connectivity index (χ1v) is 6.26. The Morgan fingerprint density at radius 2 is 2.12 bits per heavy atom. The third-order valence-corrected chi connectivity index (χ3v) is 3.38. The number of aryl methyl sites for hydroxylation is 2. The van der Waals surface area contributed by atoms with E-state index in [1.54, 1.807) is 0 Å². The van der Waals surface area contributed by atoms with E-state index in [9.17, 15) is 4.79 Å². The summed E-state index contributed by atoms with van der Waals surface area (Å²) in [5.41, 5.74) is 2.91. The highest BCUT2D eigenvalue weighted by molar-refractivity contribution is 5.97. The normalized spacial score (nSPS) is 19.3. The molecule has 0 saturated carbocycles. The second-order valence-electron chi connectivity index (χ2n) is 4.77. The summed E-state index contributed by atoms with van der Waals surface area (Å²) in [5.74, 6) is 0.0503. The molecule has 0 spiro atoms. The molecule has 1 heterocycles. The molecular weight excluding hydrogens is 212 g/mol. The van der Waals surface area contributed by atoms with Gasteiger partial charge in [-0.1, -0.05) is 18.2 Å². The van der Waals surface area contributed by atoms with E-state index in [4.69, 9.17) is 0 Å². The molecule has 92 valence electrons. The first-order chi connectivity index (χ1) is 8.18. The number of hydrogen-bond donors (Lipinski definition) is 2. The maximum Gasteiger partial charge on any atom is 0.251 e. The highest BCUT2D eigenvalue weighted by Crippen LogP contribution is 2.13. The Morgan fingerprint density at radius 3 is 2.71 bits per heavy atom. The summed E-state index contributed by atoms with van der Waals surface area (Å²) in [6.07, 6.45) is 2.37. The van der Waals surface area contributed by atoms with Crippen LogP contribution in [0.3, 0.4) is 0 Å². The summed E-state index contributed by atoms with van der Waals surface area (Å²) in [6, 6.07) is 6.40. The van der Waals surface area contributed by atoms with Crippen molar-refractivity contribution in [3.05, 3.63) is 34.9 Å². The Hall–Kier alpha value is -1.35. The zero-order valence-electron chi connectivity index (χ0n) is 10.5. The molecule has 1 saturated heterocycles. The van der Waals surface area contributed by atoms with Gasteiger partial charge in [-0.3, -0.25) is 4.79 Å². The second kappa shape index (κ2) is 5.32. The fourth-order valence-electron chi connectivity index (χ4n) is 2.41. The van der Waals surface area contributed by atoms with Gasteiger partial charge in [0.1, 0.15) is 0 Å². The fourth-order valence-corrected chi connectivity index (χ4v) is 2.41. The van der Waals surface area contributed by atoms with Crippen molar-refractivity contribution in [3.63, 3.8) is 0 Å². The molecule has 1 atom stereocenters. The van der Waals surface area contributed by atoms with Crippen LogP contribution in [0.2, 0.25) is 0 Å². The molecule has 2 rings (SSSR count). The minimum atomic E-state index is 0.0503. The molecule has 0 bridgehead atoms. The average Bonchev–Trinajstić information content (AvgIpc) is 2.79. The number of hydrogen-bond acceptors (Lipinski definition) is 2. The molecule has 1 aliphatic rings. The lowest BCUT2D eigenvalue weighted by Crippen LogP contribution is -2.37. The Kier molecular flexibility index (Phi) is 3.79. The SMILES string of the molecule is Cc1cccc(C)c1C(=O)NCC1CCCN1. The Balaban J connectivity index is 1.99. The lowest BCUT2D eigenvalue weighted by atomic mass is 10.0. The zero-order chi connectivity index (χ0) is 12.3. The van der Waals surface area contributed by atoms with Crippen LogP contribution in [0.4, 0.5) is 0 Å². The van der Waals surface area contributed by atoms with Crippen molar-refractivity contribution < 1.29 is 4.79 Å². The molecule has 0 aromatic heterocycles. The second-order valence-corrected chi connectivity index (χ2v) is 4.77. The van der Waals surface area contributed by atoms with E-state index in [1.165, 1.54) is 6.42 Å². The summed E-state index contributed by atoms with van der Waals surface area (Å²) >= 11 is 0. The average molecular weight is 232 g/mol. The topological polar surface area (TPSA) is 41.1 Å². The predicted octanol–water partition coefficient (Wildman–Crippen LogP) is 1.79. The van der Waals surface area contributed by atoms with Crippen LogP contribution in [0.1, 0.15) is 34.3 Å². The van der Waals surface area contributed by atoms with Gasteiger partial charge >= 0.3 is 0 Å². The summed E-state index contributed by atoms with van der Waals surface area (Å²) in [5, 5.41) is 6.40. The van der Waals surface area contributed by atoms with Crippen LogP contribution in [-0.2, 0) is 0 Å². The molecule has 1 aliphatic heterocycles. The van der Waals surface area contributed by atoms with Crippen molar-refractivity contribution in [2.45, 2.75) is 32.7 Å². The first kappa shape index (κ1) is 12.1. The van der Waals surface area contributed by atoms with Gasteiger partial charge in [-0.2, -0.15) is 0 Å². The van der Waals surface area contributed by atoms with Crippen LogP contribution < -0.4 is 10.6 Å². The van der Waals surface area contributed by atoms with Gasteiger partial charge in [0.2, 0.25) is 0 Å². The molecule has 1 fully saturated rings. The number of carbonyl (C=O) groups is 1. The molecule has 1 aromatic carbocycles. The highest BCUT2D eigenvalue weighted by atomic mass is 16.1. The maximum absolute atomic E-state index is 12.1. The number of rotatable bonds is 3. The molecule has 3 heteroatoms. The molecule has 1 amide bonds. The number of amides is 1. The molecule has 0 radical (unpaired) electrons. The molecule has 1 unspecified atom stereocenters. The molecular formula is C14H20N2O. The molecule has 2 N–H and O–H groups in total. The van der Waals surface area contributed by atoms with Gasteiger partial charge in [0.05, 0.1) is 0 Å². The van der Waals surface area contributed by atoms with Gasteiger partial charge in [-0.15, -0.1) is 0 Å². The van der Waals surface area contributed by atoms with E-state index in [1.807, 2.05) is 32.0 Å². The third-order valence-electron chi connectivity index (χ3n) is 3.38. The minimum Gasteiger partial charge on any atom is -0.350 e. The van der Waals surface area contributed by atoms with E-state index in [0.717, 1.165) is 36.2 Å². The lowest BCUT2D eigenvalue weighted by molar-refractivity contribution is 0.0949. The fraction of sp³-hybridized carbons (Fsp3) is 0.500. The molecule has 0 aliphatic carbocycles. The summed E-state index contributed by atoms with van der Waals surface area (Å²) < 4.78 is 0. The number of carbonyl (C=O) groups excluding carboxylic acids is 1. The molecule has 1 aromatic rings. The first-order valence-electron chi connectivity index (χ1n) is 6.26. The van der Waals surface area contributed by atoms with Gasteiger partial charge in [-0.05, 0) is 44.4 Å². The van der Waals surface area contributed by atoms with Gasteiger partial charge < -0.3 is 10.6 Å². The molecule has 3 nitrogen and oxygen atoms in total. The van der Waals surface area contributed by atoms with Crippen molar-refractivity contribution in [2.24, 2.45) is 0 Å². The van der Waals surface area contributed by atoms with E-state index in [-0.39, 0.29) is 5.91 Å². The van der Waals surface area contributed by atoms with Crippen molar-refractivity contribution >= 4 is 5.91 Å². The quantitative estimate of drug-likeness (QED) is 0.834. The monoisotopic (exact) mass is 232 g/mol. The smallest absolute Gasteiger partial charge is 0.251 e. The summed E-state index contributed by atoms with van der Waals surface area (Å²) in [7, 11) is 0. The van der Waals surface area contributed by atoms with E-state index in [2.05, 4.69) is 10.6 Å². The number of nitrogens with one attached hydrogen (secondary N) is 2. The maximum atomic E-state index is 12.1. The summed E-state index contributed by atoms with van der Waals surface area (Å²) in [4.78, 5) is 12.1. The standard InChI is InChI=1S/C14H20N2O/c1-10-5-3-6-11(2)13(10)14(17)16-9-12-7-4-8-15-12/h3,5-6,12,15H,4,7-9H2,1-2H3,(H,16,17). The summed E-state index contributed by atoms with van der Waals surface area (Å²) in [6.45, 7) is 5.77. The third kappa shape index (κ3) is 2.86. The van der Waals surface area contributed by atoms with Crippen LogP contribution in [0.15, 0.2) is 18.2 Å². The Labute approximate surface area is 103 Å². The van der Waals surface area contributed by atoms with E-state index in [0.29, 0.717) is 6.04 Å². The minimum absolute atomic E-state index is 0.0503. The van der Waals surface area contributed by atoms with Crippen LogP contribution in [0.25, 0.3) is 0 Å². The van der Waals surface area contributed by atoms with Gasteiger partial charge in [0, 0.05) is 18.2 Å². The van der Waals surface area contributed by atoms with E-state index < -0.39 is 0 Å². The van der Waals surface area contributed by atoms with Crippen molar-refractivity contribution in [1.29, 1.82) is 0 Å². The van der Waals surface area contributed by atoms with Crippen LogP contribution in [0.5, 0.6) is 0 Å². The van der Waals surface area contributed by atoms with Crippen molar-refractivity contribution in [2.75, 3.05) is 13.1 Å².